The first kappa shape index (κ1) is 14.8. The van der Waals surface area contributed by atoms with E-state index in [9.17, 15) is 9.90 Å². The fraction of sp³-hybridized carbons (Fsp3) is 0. The Hall–Kier alpha value is -3.13. The maximum absolute atomic E-state index is 11.5. The second-order valence-corrected chi connectivity index (χ2v) is 5.22. The Morgan fingerprint density at radius 1 is 0.826 bits per heavy atom. The van der Waals surface area contributed by atoms with Gasteiger partial charge in [-0.05, 0) is 33.9 Å². The molecule has 0 bridgehead atoms. The van der Waals surface area contributed by atoms with Gasteiger partial charge >= 0.3 is 5.97 Å². The van der Waals surface area contributed by atoms with Gasteiger partial charge in [-0.1, -0.05) is 79.4 Å². The van der Waals surface area contributed by atoms with Gasteiger partial charge in [0.15, 0.2) is 0 Å². The summed E-state index contributed by atoms with van der Waals surface area (Å²) < 4.78 is 0. The first-order chi connectivity index (χ1) is 11.2. The van der Waals surface area contributed by atoms with Crippen LogP contribution in [0.15, 0.2) is 79.4 Å². The van der Waals surface area contributed by atoms with Gasteiger partial charge in [0.05, 0.1) is 5.56 Å². The van der Waals surface area contributed by atoms with Crippen molar-refractivity contribution in [1.82, 2.24) is 0 Å². The van der Waals surface area contributed by atoms with E-state index in [4.69, 9.17) is 0 Å². The fourth-order valence-electron chi connectivity index (χ4n) is 2.69. The molecule has 3 aromatic rings. The highest BCUT2D eigenvalue weighted by molar-refractivity contribution is 5.95. The maximum Gasteiger partial charge on any atom is 0.336 e. The molecule has 2 nitrogen and oxygen atoms in total. The van der Waals surface area contributed by atoms with Crippen LogP contribution in [0.3, 0.4) is 0 Å². The van der Waals surface area contributed by atoms with Crippen molar-refractivity contribution in [2.75, 3.05) is 0 Å². The number of hydrogen-bond acceptors (Lipinski definition) is 1. The summed E-state index contributed by atoms with van der Waals surface area (Å²) in [5.41, 5.74) is 4.96. The minimum atomic E-state index is -0.945. The summed E-state index contributed by atoms with van der Waals surface area (Å²) in [5.74, 6) is -0.945. The molecule has 0 aromatic heterocycles. The van der Waals surface area contributed by atoms with E-state index in [2.05, 4.69) is 18.7 Å². The molecule has 0 saturated heterocycles. The Balaban J connectivity index is 2.19. The molecule has 0 heterocycles. The van der Waals surface area contributed by atoms with Gasteiger partial charge in [-0.3, -0.25) is 0 Å². The summed E-state index contributed by atoms with van der Waals surface area (Å²) in [7, 11) is 0. The predicted molar refractivity (Wildman–Crippen MR) is 94.4 cm³/mol. The van der Waals surface area contributed by atoms with E-state index >= 15 is 0 Å². The zero-order chi connectivity index (χ0) is 16.2. The molecule has 112 valence electrons. The lowest BCUT2D eigenvalue weighted by atomic mass is 9.92. The van der Waals surface area contributed by atoms with Crippen molar-refractivity contribution >= 4 is 12.0 Å². The van der Waals surface area contributed by atoms with E-state index in [1.807, 2.05) is 48.5 Å². The lowest BCUT2D eigenvalue weighted by molar-refractivity contribution is 0.0696. The van der Waals surface area contributed by atoms with Crippen molar-refractivity contribution in [3.63, 3.8) is 0 Å². The Kier molecular flexibility index (Phi) is 4.07. The van der Waals surface area contributed by atoms with Crippen LogP contribution in [-0.4, -0.2) is 11.1 Å². The van der Waals surface area contributed by atoms with Gasteiger partial charge < -0.3 is 5.11 Å². The van der Waals surface area contributed by atoms with Crippen LogP contribution in [0, 0.1) is 0 Å². The number of hydrogen-bond donors (Lipinski definition) is 1. The van der Waals surface area contributed by atoms with Crippen molar-refractivity contribution in [3.05, 3.63) is 90.5 Å². The summed E-state index contributed by atoms with van der Waals surface area (Å²) in [6.45, 7) is 3.68. The molecule has 1 N–H and O–H groups in total. The van der Waals surface area contributed by atoms with Gasteiger partial charge in [0, 0.05) is 0 Å². The molecule has 3 aromatic carbocycles. The molecule has 0 spiro atoms. The Morgan fingerprint density at radius 2 is 1.43 bits per heavy atom. The second kappa shape index (κ2) is 6.32. The summed E-state index contributed by atoms with van der Waals surface area (Å²) in [6.07, 6.45) is 1.57. The summed E-state index contributed by atoms with van der Waals surface area (Å²) in [6, 6.07) is 23.5. The van der Waals surface area contributed by atoms with Crippen LogP contribution in [0.2, 0.25) is 0 Å². The van der Waals surface area contributed by atoms with E-state index in [0.717, 1.165) is 22.3 Å². The molecule has 0 atom stereocenters. The van der Waals surface area contributed by atoms with E-state index in [1.165, 1.54) is 0 Å². The van der Waals surface area contributed by atoms with Gasteiger partial charge in [-0.15, -0.1) is 0 Å². The van der Waals surface area contributed by atoms with Crippen molar-refractivity contribution in [3.8, 4) is 22.3 Å². The molecular weight excluding hydrogens is 284 g/mol. The van der Waals surface area contributed by atoms with Gasteiger partial charge in [-0.25, -0.2) is 4.79 Å². The van der Waals surface area contributed by atoms with Crippen molar-refractivity contribution in [2.45, 2.75) is 0 Å². The Labute approximate surface area is 135 Å². The smallest absolute Gasteiger partial charge is 0.336 e. The number of carboxylic acids is 1. The molecule has 0 radical (unpaired) electrons. The number of rotatable bonds is 4. The molecule has 0 unspecified atom stereocenters. The van der Waals surface area contributed by atoms with E-state index in [-0.39, 0.29) is 5.56 Å². The molecule has 3 rings (SSSR count). The SMILES string of the molecule is C=Cc1ccc(-c2ccccc2-c2ccccc2)cc1C(=O)O. The monoisotopic (exact) mass is 300 g/mol. The summed E-state index contributed by atoms with van der Waals surface area (Å²) >= 11 is 0. The topological polar surface area (TPSA) is 37.3 Å². The lowest BCUT2D eigenvalue weighted by Gasteiger charge is -2.12. The lowest BCUT2D eigenvalue weighted by Crippen LogP contribution is -2.00. The third-order valence-electron chi connectivity index (χ3n) is 3.83. The number of carbonyl (C=O) groups is 1. The van der Waals surface area contributed by atoms with E-state index in [1.54, 1.807) is 18.2 Å². The molecule has 2 heteroatoms. The van der Waals surface area contributed by atoms with E-state index in [0.29, 0.717) is 5.56 Å². The highest BCUT2D eigenvalue weighted by atomic mass is 16.4. The molecule has 0 saturated carbocycles. The van der Waals surface area contributed by atoms with E-state index < -0.39 is 5.97 Å². The zero-order valence-electron chi connectivity index (χ0n) is 12.6. The minimum Gasteiger partial charge on any atom is -0.478 e. The van der Waals surface area contributed by atoms with Crippen LogP contribution in [0.25, 0.3) is 28.3 Å². The standard InChI is InChI=1S/C21H16O2/c1-2-15-12-13-17(14-20(15)21(22)23)19-11-7-6-10-18(19)16-8-4-3-5-9-16/h2-14H,1H2,(H,22,23). The number of benzene rings is 3. The van der Waals surface area contributed by atoms with Gasteiger partial charge in [-0.2, -0.15) is 0 Å². The molecular formula is C21H16O2. The third kappa shape index (κ3) is 2.92. The predicted octanol–water partition coefficient (Wildman–Crippen LogP) is 5.36. The van der Waals surface area contributed by atoms with Crippen LogP contribution in [0.5, 0.6) is 0 Å². The van der Waals surface area contributed by atoms with Crippen LogP contribution < -0.4 is 0 Å². The molecule has 0 aliphatic carbocycles. The van der Waals surface area contributed by atoms with Gasteiger partial charge in [0.25, 0.3) is 0 Å². The normalized spacial score (nSPS) is 10.3. The average molecular weight is 300 g/mol. The molecule has 0 amide bonds. The molecule has 23 heavy (non-hydrogen) atoms. The average Bonchev–Trinajstić information content (AvgIpc) is 2.62. The largest absolute Gasteiger partial charge is 0.478 e. The van der Waals surface area contributed by atoms with Crippen LogP contribution >= 0.6 is 0 Å². The van der Waals surface area contributed by atoms with Gasteiger partial charge in [0.1, 0.15) is 0 Å². The van der Waals surface area contributed by atoms with Crippen molar-refractivity contribution < 1.29 is 9.90 Å². The first-order valence-electron chi connectivity index (χ1n) is 7.35. The minimum absolute atomic E-state index is 0.264. The highest BCUT2D eigenvalue weighted by Crippen LogP contribution is 2.33. The third-order valence-corrected chi connectivity index (χ3v) is 3.83. The molecule has 0 aliphatic heterocycles. The summed E-state index contributed by atoms with van der Waals surface area (Å²) in [5, 5.41) is 9.41. The zero-order valence-corrected chi connectivity index (χ0v) is 12.6. The number of carboxylic acid groups (broad SMARTS) is 1. The maximum atomic E-state index is 11.5. The molecule has 0 aliphatic rings. The van der Waals surface area contributed by atoms with Crippen LogP contribution in [-0.2, 0) is 0 Å². The quantitative estimate of drug-likeness (QED) is 0.704. The second-order valence-electron chi connectivity index (χ2n) is 5.22. The van der Waals surface area contributed by atoms with Crippen molar-refractivity contribution in [1.29, 1.82) is 0 Å². The molecule has 0 fully saturated rings. The van der Waals surface area contributed by atoms with Gasteiger partial charge in [0.2, 0.25) is 0 Å². The fourth-order valence-corrected chi connectivity index (χ4v) is 2.69. The van der Waals surface area contributed by atoms with Crippen LogP contribution in [0.1, 0.15) is 15.9 Å². The summed E-state index contributed by atoms with van der Waals surface area (Å²) in [4.78, 5) is 11.5. The Morgan fingerprint density at radius 3 is 2.04 bits per heavy atom. The Bertz CT molecular complexity index is 864. The van der Waals surface area contributed by atoms with Crippen molar-refractivity contribution in [2.24, 2.45) is 0 Å². The first-order valence-corrected chi connectivity index (χ1v) is 7.35. The highest BCUT2D eigenvalue weighted by Gasteiger charge is 2.12. The van der Waals surface area contributed by atoms with Crippen LogP contribution in [0.4, 0.5) is 0 Å². The number of aromatic carboxylic acids is 1.